The third-order valence-electron chi connectivity index (χ3n) is 5.95. The average Bonchev–Trinajstić information content (AvgIpc) is 2.95. The van der Waals surface area contributed by atoms with E-state index >= 15 is 0 Å². The van der Waals surface area contributed by atoms with Gasteiger partial charge in [0.15, 0.2) is 0 Å². The van der Waals surface area contributed by atoms with Crippen molar-refractivity contribution in [1.82, 2.24) is 4.72 Å². The number of hydrogen-bond acceptors (Lipinski definition) is 3. The molecule has 0 unspecified atom stereocenters. The first kappa shape index (κ1) is 25.2. The standard InChI is InChI=1S/C24H19ClF4N2O3S/c1-24(2)17-7-6-14(35(33,34)30-11-15-20(28)8-13(26)9-21(15)29)10-22(17)31(23(24)32)12-16-18(25)4-3-5-19(16)27/h3-10,30H,11-12H2,1-2H3. The molecule has 184 valence electrons. The van der Waals surface area contributed by atoms with Crippen molar-refractivity contribution >= 4 is 33.2 Å². The van der Waals surface area contributed by atoms with Gasteiger partial charge in [0.05, 0.1) is 16.9 Å². The Balaban J connectivity index is 1.69. The Bertz CT molecular complexity index is 1420. The molecule has 11 heteroatoms. The smallest absolute Gasteiger partial charge is 0.240 e. The molecular formula is C24H19ClF4N2O3S. The summed E-state index contributed by atoms with van der Waals surface area (Å²) in [5.74, 6) is -4.61. The van der Waals surface area contributed by atoms with E-state index in [2.05, 4.69) is 4.72 Å². The highest BCUT2D eigenvalue weighted by Crippen LogP contribution is 2.43. The van der Waals surface area contributed by atoms with Crippen LogP contribution in [0, 0.1) is 23.3 Å². The number of fused-ring (bicyclic) bond motifs is 1. The molecule has 1 N–H and O–H groups in total. The number of sulfonamides is 1. The summed E-state index contributed by atoms with van der Waals surface area (Å²) in [6.07, 6.45) is 0. The Labute approximate surface area is 204 Å². The average molecular weight is 527 g/mol. The Hall–Kier alpha value is -2.95. The molecule has 0 aliphatic carbocycles. The van der Waals surface area contributed by atoms with Crippen LogP contribution < -0.4 is 9.62 Å². The maximum absolute atomic E-state index is 14.4. The van der Waals surface area contributed by atoms with Crippen molar-refractivity contribution in [2.24, 2.45) is 0 Å². The molecule has 5 nitrogen and oxygen atoms in total. The van der Waals surface area contributed by atoms with Gasteiger partial charge in [-0.25, -0.2) is 30.7 Å². The highest BCUT2D eigenvalue weighted by atomic mass is 35.5. The minimum Gasteiger partial charge on any atom is -0.307 e. The first-order valence-electron chi connectivity index (χ1n) is 10.4. The lowest BCUT2D eigenvalue weighted by molar-refractivity contribution is -0.122. The molecular weight excluding hydrogens is 508 g/mol. The van der Waals surface area contributed by atoms with E-state index in [1.807, 2.05) is 0 Å². The largest absolute Gasteiger partial charge is 0.307 e. The van der Waals surface area contributed by atoms with E-state index < -0.39 is 50.8 Å². The third-order valence-corrected chi connectivity index (χ3v) is 7.70. The maximum Gasteiger partial charge on any atom is 0.240 e. The van der Waals surface area contributed by atoms with Crippen molar-refractivity contribution in [3.05, 3.63) is 93.5 Å². The van der Waals surface area contributed by atoms with Crippen LogP contribution in [0.4, 0.5) is 23.2 Å². The van der Waals surface area contributed by atoms with Crippen LogP contribution in [0.1, 0.15) is 30.5 Å². The van der Waals surface area contributed by atoms with Crippen molar-refractivity contribution < 1.29 is 30.8 Å². The summed E-state index contributed by atoms with van der Waals surface area (Å²) >= 11 is 6.12. The number of hydrogen-bond donors (Lipinski definition) is 1. The van der Waals surface area contributed by atoms with E-state index in [-0.39, 0.29) is 33.6 Å². The predicted molar refractivity (Wildman–Crippen MR) is 122 cm³/mol. The molecule has 0 spiro atoms. The Kier molecular flexibility index (Phi) is 6.41. The monoisotopic (exact) mass is 526 g/mol. The van der Waals surface area contributed by atoms with Gasteiger partial charge in [0.1, 0.15) is 23.3 Å². The number of anilines is 1. The molecule has 1 aliphatic heterocycles. The van der Waals surface area contributed by atoms with Crippen molar-refractivity contribution in [2.75, 3.05) is 4.90 Å². The molecule has 0 bridgehead atoms. The molecule has 0 saturated carbocycles. The van der Waals surface area contributed by atoms with Gasteiger partial charge in [0, 0.05) is 40.5 Å². The highest BCUT2D eigenvalue weighted by molar-refractivity contribution is 7.89. The van der Waals surface area contributed by atoms with E-state index in [1.165, 1.54) is 41.3 Å². The normalized spacial score (nSPS) is 14.9. The van der Waals surface area contributed by atoms with Crippen molar-refractivity contribution in [3.8, 4) is 0 Å². The number of benzene rings is 3. The number of halogens is 5. The molecule has 0 aromatic heterocycles. The second kappa shape index (κ2) is 8.92. The van der Waals surface area contributed by atoms with Crippen LogP contribution in [0.15, 0.2) is 53.4 Å². The summed E-state index contributed by atoms with van der Waals surface area (Å²) < 4.78 is 83.3. The van der Waals surface area contributed by atoms with Gasteiger partial charge in [-0.15, -0.1) is 0 Å². The fourth-order valence-electron chi connectivity index (χ4n) is 3.98. The molecule has 35 heavy (non-hydrogen) atoms. The van der Waals surface area contributed by atoms with Crippen molar-refractivity contribution in [1.29, 1.82) is 0 Å². The zero-order valence-corrected chi connectivity index (χ0v) is 20.1. The van der Waals surface area contributed by atoms with Crippen LogP contribution in [0.3, 0.4) is 0 Å². The molecule has 0 radical (unpaired) electrons. The first-order chi connectivity index (χ1) is 16.3. The quantitative estimate of drug-likeness (QED) is 0.449. The van der Waals surface area contributed by atoms with Gasteiger partial charge >= 0.3 is 0 Å². The molecule has 0 saturated heterocycles. The van der Waals surface area contributed by atoms with Crippen LogP contribution in [0.2, 0.25) is 5.02 Å². The molecule has 3 aromatic rings. The van der Waals surface area contributed by atoms with Crippen LogP contribution >= 0.6 is 11.6 Å². The van der Waals surface area contributed by atoms with E-state index in [0.717, 1.165) is 0 Å². The summed E-state index contributed by atoms with van der Waals surface area (Å²) in [4.78, 5) is 14.1. The second-order valence-corrected chi connectivity index (χ2v) is 10.7. The minimum atomic E-state index is -4.31. The number of carbonyl (C=O) groups excluding carboxylic acids is 1. The Morgan fingerprint density at radius 1 is 0.943 bits per heavy atom. The number of nitrogens with one attached hydrogen (secondary N) is 1. The van der Waals surface area contributed by atoms with Crippen LogP contribution in [0.5, 0.6) is 0 Å². The maximum atomic E-state index is 14.4. The summed E-state index contributed by atoms with van der Waals surface area (Å²) in [7, 11) is -4.31. The summed E-state index contributed by atoms with van der Waals surface area (Å²) in [5, 5.41) is 0.109. The lowest BCUT2D eigenvalue weighted by Gasteiger charge is -2.21. The topological polar surface area (TPSA) is 66.5 Å². The zero-order chi connectivity index (χ0) is 25.7. The summed E-state index contributed by atoms with van der Waals surface area (Å²) in [5.41, 5.74) is -0.850. The molecule has 0 atom stereocenters. The molecule has 3 aromatic carbocycles. The van der Waals surface area contributed by atoms with Gasteiger partial charge in [0.2, 0.25) is 15.9 Å². The van der Waals surface area contributed by atoms with E-state index in [4.69, 9.17) is 11.6 Å². The van der Waals surface area contributed by atoms with Crippen LogP contribution in [-0.2, 0) is 33.3 Å². The van der Waals surface area contributed by atoms with Gasteiger partial charge in [-0.05, 0) is 43.7 Å². The Morgan fingerprint density at radius 2 is 1.60 bits per heavy atom. The molecule has 1 heterocycles. The van der Waals surface area contributed by atoms with Crippen LogP contribution in [-0.4, -0.2) is 14.3 Å². The summed E-state index contributed by atoms with van der Waals surface area (Å²) in [6.45, 7) is 2.31. The molecule has 1 amide bonds. The molecule has 1 aliphatic rings. The SMILES string of the molecule is CC1(C)C(=O)N(Cc2c(F)cccc2Cl)c2cc(S(=O)(=O)NCc3c(F)cc(F)cc3F)ccc21. The number of amides is 1. The predicted octanol–water partition coefficient (Wildman–Crippen LogP) is 5.20. The Morgan fingerprint density at radius 3 is 2.23 bits per heavy atom. The lowest BCUT2D eigenvalue weighted by Crippen LogP contribution is -2.36. The van der Waals surface area contributed by atoms with E-state index in [9.17, 15) is 30.8 Å². The lowest BCUT2D eigenvalue weighted by atomic mass is 9.86. The first-order valence-corrected chi connectivity index (χ1v) is 12.2. The minimum absolute atomic E-state index is 0.0693. The fraction of sp³-hybridized carbons (Fsp3) is 0.208. The van der Waals surface area contributed by atoms with Gasteiger partial charge < -0.3 is 4.90 Å². The summed E-state index contributed by atoms with van der Waals surface area (Å²) in [6, 6.07) is 8.95. The second-order valence-electron chi connectivity index (χ2n) is 8.57. The van der Waals surface area contributed by atoms with Gasteiger partial charge in [-0.3, -0.25) is 4.79 Å². The van der Waals surface area contributed by atoms with Gasteiger partial charge in [-0.2, -0.15) is 0 Å². The van der Waals surface area contributed by atoms with Gasteiger partial charge in [-0.1, -0.05) is 23.7 Å². The highest BCUT2D eigenvalue weighted by Gasteiger charge is 2.44. The van der Waals surface area contributed by atoms with Gasteiger partial charge in [0.25, 0.3) is 0 Å². The number of carbonyl (C=O) groups is 1. The molecule has 0 fully saturated rings. The van der Waals surface area contributed by atoms with Crippen molar-refractivity contribution in [2.45, 2.75) is 37.2 Å². The van der Waals surface area contributed by atoms with E-state index in [1.54, 1.807) is 13.8 Å². The van der Waals surface area contributed by atoms with Crippen LogP contribution in [0.25, 0.3) is 0 Å². The van der Waals surface area contributed by atoms with E-state index in [0.29, 0.717) is 17.7 Å². The number of nitrogens with zero attached hydrogens (tertiary/aromatic N) is 1. The third kappa shape index (κ3) is 4.53. The fourth-order valence-corrected chi connectivity index (χ4v) is 5.22. The zero-order valence-electron chi connectivity index (χ0n) is 18.5. The molecule has 4 rings (SSSR count). The number of rotatable bonds is 6. The van der Waals surface area contributed by atoms with Crippen molar-refractivity contribution in [3.63, 3.8) is 0 Å².